The van der Waals surface area contributed by atoms with Gasteiger partial charge in [0.2, 0.25) is 0 Å². The summed E-state index contributed by atoms with van der Waals surface area (Å²) in [7, 11) is -2.35. The van der Waals surface area contributed by atoms with Gasteiger partial charge >= 0.3 is 12.1 Å². The number of esters is 1. The number of carbonyl (C=O) groups excluding carboxylic acids is 1. The second kappa shape index (κ2) is 9.30. The van der Waals surface area contributed by atoms with Gasteiger partial charge in [0.1, 0.15) is 0 Å². The minimum atomic E-state index is -4.44. The van der Waals surface area contributed by atoms with Crippen LogP contribution in [0.3, 0.4) is 0 Å². The average Bonchev–Trinajstić information content (AvgIpc) is 2.50. The fourth-order valence-corrected chi connectivity index (χ4v) is 4.43. The molecule has 1 saturated carbocycles. The molecular formula is C16H23F3O4S. The molecule has 0 aromatic rings. The van der Waals surface area contributed by atoms with Gasteiger partial charge in [-0.2, -0.15) is 13.2 Å². The molecule has 0 bridgehead atoms. The SMILES string of the molecule is COC(=O)CCC#CC1CCC(CS(=O)(=O)CCC(F)(F)F)CC1. The lowest BCUT2D eigenvalue weighted by atomic mass is 9.83. The van der Waals surface area contributed by atoms with Crippen molar-refractivity contribution in [1.29, 1.82) is 0 Å². The molecule has 138 valence electrons. The normalized spacial score (nSPS) is 21.7. The van der Waals surface area contributed by atoms with Crippen LogP contribution in [0.15, 0.2) is 0 Å². The second-order valence-corrected chi connectivity index (χ2v) is 8.32. The summed E-state index contributed by atoms with van der Waals surface area (Å²) in [5, 5.41) is 0. The van der Waals surface area contributed by atoms with Crippen LogP contribution in [0.1, 0.15) is 44.9 Å². The molecule has 1 fully saturated rings. The fourth-order valence-electron chi connectivity index (χ4n) is 2.67. The third-order valence-corrected chi connectivity index (χ3v) is 5.83. The van der Waals surface area contributed by atoms with E-state index in [0.717, 1.165) is 12.8 Å². The molecule has 24 heavy (non-hydrogen) atoms. The van der Waals surface area contributed by atoms with Gasteiger partial charge in [-0.1, -0.05) is 5.92 Å². The lowest BCUT2D eigenvalue weighted by molar-refractivity contribution is -0.140. The fraction of sp³-hybridized carbons (Fsp3) is 0.812. The van der Waals surface area contributed by atoms with Crippen molar-refractivity contribution in [2.75, 3.05) is 18.6 Å². The summed E-state index contributed by atoms with van der Waals surface area (Å²) in [5.74, 6) is 4.76. The number of halogens is 3. The molecule has 1 aliphatic carbocycles. The van der Waals surface area contributed by atoms with Crippen LogP contribution < -0.4 is 0 Å². The molecule has 0 aliphatic heterocycles. The molecule has 0 heterocycles. The number of sulfone groups is 1. The molecule has 0 saturated heterocycles. The van der Waals surface area contributed by atoms with E-state index in [4.69, 9.17) is 0 Å². The van der Waals surface area contributed by atoms with Crippen molar-refractivity contribution in [3.8, 4) is 11.8 Å². The highest BCUT2D eigenvalue weighted by molar-refractivity contribution is 7.91. The first-order valence-electron chi connectivity index (χ1n) is 7.93. The maximum Gasteiger partial charge on any atom is 0.390 e. The molecule has 0 aromatic heterocycles. The summed E-state index contributed by atoms with van der Waals surface area (Å²) >= 11 is 0. The molecule has 0 aromatic carbocycles. The predicted octanol–water partition coefficient (Wildman–Crippen LogP) is 3.12. The van der Waals surface area contributed by atoms with Crippen LogP contribution in [0.25, 0.3) is 0 Å². The molecule has 0 unspecified atom stereocenters. The Morgan fingerprint density at radius 3 is 2.38 bits per heavy atom. The van der Waals surface area contributed by atoms with Gasteiger partial charge in [-0.25, -0.2) is 8.42 Å². The van der Waals surface area contributed by atoms with Crippen LogP contribution >= 0.6 is 0 Å². The largest absolute Gasteiger partial charge is 0.469 e. The minimum Gasteiger partial charge on any atom is -0.469 e. The standard InChI is InChI=1S/C16H23F3O4S/c1-23-15(20)5-3-2-4-13-6-8-14(9-7-13)12-24(21,22)11-10-16(17,18)19/h13-14H,3,5-12H2,1H3. The van der Waals surface area contributed by atoms with Gasteiger partial charge in [-0.15, -0.1) is 5.92 Å². The molecule has 1 aliphatic rings. The maximum atomic E-state index is 12.1. The lowest BCUT2D eigenvalue weighted by Gasteiger charge is -2.25. The van der Waals surface area contributed by atoms with Crippen molar-refractivity contribution in [2.45, 2.75) is 51.1 Å². The molecule has 8 heteroatoms. The van der Waals surface area contributed by atoms with Gasteiger partial charge < -0.3 is 4.74 Å². The Labute approximate surface area is 141 Å². The number of hydrogen-bond acceptors (Lipinski definition) is 4. The Balaban J connectivity index is 2.33. The highest BCUT2D eigenvalue weighted by Gasteiger charge is 2.31. The van der Waals surface area contributed by atoms with Crippen LogP contribution in [-0.4, -0.2) is 39.2 Å². The van der Waals surface area contributed by atoms with E-state index >= 15 is 0 Å². The number of alkyl halides is 3. The number of methoxy groups -OCH3 is 1. The van der Waals surface area contributed by atoms with E-state index in [1.165, 1.54) is 7.11 Å². The summed E-state index contributed by atoms with van der Waals surface area (Å²) in [6, 6.07) is 0. The summed E-state index contributed by atoms with van der Waals surface area (Å²) in [5.41, 5.74) is 0. The van der Waals surface area contributed by atoms with Crippen molar-refractivity contribution >= 4 is 15.8 Å². The Bertz CT molecular complexity index is 564. The third-order valence-electron chi connectivity index (χ3n) is 4.02. The second-order valence-electron chi connectivity index (χ2n) is 6.09. The zero-order valence-corrected chi connectivity index (χ0v) is 14.5. The monoisotopic (exact) mass is 368 g/mol. The van der Waals surface area contributed by atoms with E-state index in [1.807, 2.05) is 0 Å². The molecule has 0 atom stereocenters. The Kier molecular flexibility index (Phi) is 8.07. The van der Waals surface area contributed by atoms with Gasteiger partial charge in [0, 0.05) is 12.3 Å². The van der Waals surface area contributed by atoms with E-state index < -0.39 is 28.2 Å². The summed E-state index contributed by atoms with van der Waals surface area (Å²) in [6.45, 7) is 0. The Morgan fingerprint density at radius 1 is 1.21 bits per heavy atom. The number of carbonyl (C=O) groups is 1. The molecule has 0 amide bonds. The van der Waals surface area contributed by atoms with E-state index in [0.29, 0.717) is 19.3 Å². The van der Waals surface area contributed by atoms with Crippen LogP contribution in [0, 0.1) is 23.7 Å². The van der Waals surface area contributed by atoms with Crippen molar-refractivity contribution < 1.29 is 31.1 Å². The molecule has 0 radical (unpaired) electrons. The number of rotatable bonds is 6. The predicted molar refractivity (Wildman–Crippen MR) is 83.8 cm³/mol. The van der Waals surface area contributed by atoms with Crippen LogP contribution in [-0.2, 0) is 19.4 Å². The van der Waals surface area contributed by atoms with E-state index in [-0.39, 0.29) is 30.0 Å². The van der Waals surface area contributed by atoms with Crippen LogP contribution in [0.5, 0.6) is 0 Å². The van der Waals surface area contributed by atoms with Crippen molar-refractivity contribution in [2.24, 2.45) is 11.8 Å². The van der Waals surface area contributed by atoms with Crippen LogP contribution in [0.2, 0.25) is 0 Å². The summed E-state index contributed by atoms with van der Waals surface area (Å²) in [4.78, 5) is 10.9. The van der Waals surface area contributed by atoms with E-state index in [2.05, 4.69) is 16.6 Å². The van der Waals surface area contributed by atoms with Crippen LogP contribution in [0.4, 0.5) is 13.2 Å². The third kappa shape index (κ3) is 9.16. The Morgan fingerprint density at radius 2 is 1.83 bits per heavy atom. The average molecular weight is 368 g/mol. The van der Waals surface area contributed by atoms with E-state index in [1.54, 1.807) is 0 Å². The summed E-state index contributed by atoms with van der Waals surface area (Å²) in [6.07, 6.45) is -2.26. The van der Waals surface area contributed by atoms with Crippen molar-refractivity contribution in [1.82, 2.24) is 0 Å². The lowest BCUT2D eigenvalue weighted by Crippen LogP contribution is -2.25. The minimum absolute atomic E-state index is 0.0867. The number of ether oxygens (including phenoxy) is 1. The first-order chi connectivity index (χ1) is 11.1. The Hall–Kier alpha value is -1.23. The zero-order valence-electron chi connectivity index (χ0n) is 13.7. The molecule has 4 nitrogen and oxygen atoms in total. The molecular weight excluding hydrogens is 345 g/mol. The molecule has 1 rings (SSSR count). The van der Waals surface area contributed by atoms with Crippen molar-refractivity contribution in [3.63, 3.8) is 0 Å². The van der Waals surface area contributed by atoms with Gasteiger partial charge in [-0.3, -0.25) is 4.79 Å². The topological polar surface area (TPSA) is 60.4 Å². The first-order valence-corrected chi connectivity index (χ1v) is 9.76. The highest BCUT2D eigenvalue weighted by atomic mass is 32.2. The highest BCUT2D eigenvalue weighted by Crippen LogP contribution is 2.30. The van der Waals surface area contributed by atoms with Gasteiger partial charge in [0.05, 0.1) is 31.5 Å². The number of hydrogen-bond donors (Lipinski definition) is 0. The van der Waals surface area contributed by atoms with Gasteiger partial charge in [0.25, 0.3) is 0 Å². The maximum absolute atomic E-state index is 12.1. The van der Waals surface area contributed by atoms with Gasteiger partial charge in [0.15, 0.2) is 9.84 Å². The smallest absolute Gasteiger partial charge is 0.390 e. The van der Waals surface area contributed by atoms with E-state index in [9.17, 15) is 26.4 Å². The van der Waals surface area contributed by atoms with Gasteiger partial charge in [-0.05, 0) is 31.6 Å². The molecule has 0 N–H and O–H groups in total. The molecule has 0 spiro atoms. The van der Waals surface area contributed by atoms with Crippen molar-refractivity contribution in [3.05, 3.63) is 0 Å². The summed E-state index contributed by atoms with van der Waals surface area (Å²) < 4.78 is 64.4. The quantitative estimate of drug-likeness (QED) is 0.534. The first kappa shape index (κ1) is 20.8. The zero-order chi connectivity index (χ0) is 18.2.